The Bertz CT molecular complexity index is 1220. The summed E-state index contributed by atoms with van der Waals surface area (Å²) in [5.74, 6) is 0. The van der Waals surface area contributed by atoms with Crippen LogP contribution in [0.2, 0.25) is 18.3 Å². The van der Waals surface area contributed by atoms with E-state index in [4.69, 9.17) is 0 Å². The van der Waals surface area contributed by atoms with Crippen molar-refractivity contribution in [2.45, 2.75) is 37.5 Å². The predicted octanol–water partition coefficient (Wildman–Crippen LogP) is 6.70. The lowest BCUT2D eigenvalue weighted by Crippen LogP contribution is -2.72. The van der Waals surface area contributed by atoms with Crippen LogP contribution in [0.5, 0.6) is 0 Å². The molecule has 0 saturated heterocycles. The van der Waals surface area contributed by atoms with Crippen molar-refractivity contribution < 1.29 is 0 Å². The molecule has 0 amide bonds. The standard InChI is InChI=1S/C36H38Si2/c1-37(32-22-10-4-11-23-32,33-24-12-5-13-25-33)36(30-18-21-31-19-8-3-9-20-31)38(2,34-26-14-6-15-27-34)35-28-16-7-17-29-35/h3-17,19-20,22-29,36H,18,21,30H2,1-2H3. The molecule has 0 radical (unpaired) electrons. The van der Waals surface area contributed by atoms with E-state index in [0.29, 0.717) is 5.16 Å². The largest absolute Gasteiger partial charge is 0.116 e. The Hall–Kier alpha value is -3.47. The van der Waals surface area contributed by atoms with Crippen molar-refractivity contribution in [3.63, 3.8) is 0 Å². The number of hydrogen-bond acceptors (Lipinski definition) is 0. The molecular weight excluding hydrogens is 489 g/mol. The molecule has 38 heavy (non-hydrogen) atoms. The quantitative estimate of drug-likeness (QED) is 0.178. The van der Waals surface area contributed by atoms with Crippen molar-refractivity contribution in [2.24, 2.45) is 0 Å². The summed E-state index contributed by atoms with van der Waals surface area (Å²) in [6.45, 7) is 5.31. The second-order valence-corrected chi connectivity index (χ2v) is 19.9. The molecule has 0 aliphatic carbocycles. The molecule has 0 heterocycles. The fraction of sp³-hybridized carbons (Fsp3) is 0.167. The summed E-state index contributed by atoms with van der Waals surface area (Å²) in [5, 5.41) is 6.75. The van der Waals surface area contributed by atoms with Crippen LogP contribution in [0.1, 0.15) is 18.4 Å². The summed E-state index contributed by atoms with van der Waals surface area (Å²) in [4.78, 5) is 0. The van der Waals surface area contributed by atoms with Crippen molar-refractivity contribution in [1.29, 1.82) is 0 Å². The van der Waals surface area contributed by atoms with E-state index in [9.17, 15) is 0 Å². The van der Waals surface area contributed by atoms with Gasteiger partial charge in [0.1, 0.15) is 16.1 Å². The third kappa shape index (κ3) is 5.25. The van der Waals surface area contributed by atoms with Crippen LogP contribution in [0.25, 0.3) is 0 Å². The van der Waals surface area contributed by atoms with Gasteiger partial charge in [-0.05, 0) is 23.6 Å². The molecule has 0 aromatic heterocycles. The Morgan fingerprint density at radius 2 is 0.711 bits per heavy atom. The van der Waals surface area contributed by atoms with Gasteiger partial charge in [-0.1, -0.05) is 192 Å². The third-order valence-corrected chi connectivity index (χ3v) is 21.6. The minimum absolute atomic E-state index is 0.577. The first kappa shape index (κ1) is 26.2. The summed E-state index contributed by atoms with van der Waals surface area (Å²) >= 11 is 0. The van der Waals surface area contributed by atoms with Crippen LogP contribution in [-0.4, -0.2) is 16.1 Å². The molecule has 5 aromatic rings. The van der Waals surface area contributed by atoms with E-state index in [1.54, 1.807) is 20.7 Å². The molecule has 5 aromatic carbocycles. The SMILES string of the molecule is C[Si](c1ccccc1)(c1ccccc1)C(CCCc1ccccc1)[Si](C)(c1ccccc1)c1ccccc1. The number of benzene rings is 5. The van der Waals surface area contributed by atoms with Gasteiger partial charge in [0.2, 0.25) is 0 Å². The Morgan fingerprint density at radius 3 is 1.03 bits per heavy atom. The average Bonchev–Trinajstić information content (AvgIpc) is 3.01. The second-order valence-electron chi connectivity index (χ2n) is 10.8. The molecule has 5 rings (SSSR count). The smallest absolute Gasteiger partial charge is 0.0626 e. The zero-order chi connectivity index (χ0) is 26.3. The highest BCUT2D eigenvalue weighted by Crippen LogP contribution is 2.37. The van der Waals surface area contributed by atoms with Gasteiger partial charge < -0.3 is 0 Å². The molecule has 0 saturated carbocycles. The Labute approximate surface area is 231 Å². The number of hydrogen-bond donors (Lipinski definition) is 0. The fourth-order valence-corrected chi connectivity index (χ4v) is 20.6. The van der Waals surface area contributed by atoms with Gasteiger partial charge in [-0.25, -0.2) is 0 Å². The van der Waals surface area contributed by atoms with Crippen LogP contribution < -0.4 is 20.7 Å². The van der Waals surface area contributed by atoms with E-state index in [1.807, 2.05) is 0 Å². The lowest BCUT2D eigenvalue weighted by Gasteiger charge is -2.47. The summed E-state index contributed by atoms with van der Waals surface area (Å²) in [6.07, 6.45) is 3.53. The van der Waals surface area contributed by atoms with Crippen molar-refractivity contribution in [3.8, 4) is 0 Å². The Morgan fingerprint density at radius 1 is 0.421 bits per heavy atom. The number of aryl methyl sites for hydroxylation is 1. The van der Waals surface area contributed by atoms with Gasteiger partial charge in [-0.2, -0.15) is 0 Å². The zero-order valence-electron chi connectivity index (χ0n) is 22.6. The summed E-state index contributed by atoms with van der Waals surface area (Å²) in [5.41, 5.74) is 1.44. The predicted molar refractivity (Wildman–Crippen MR) is 171 cm³/mol. The lowest BCUT2D eigenvalue weighted by atomic mass is 10.1. The van der Waals surface area contributed by atoms with Gasteiger partial charge in [-0.3, -0.25) is 0 Å². The first-order valence-corrected chi connectivity index (χ1v) is 19.0. The molecule has 190 valence electrons. The molecule has 0 bridgehead atoms. The van der Waals surface area contributed by atoms with E-state index in [2.05, 4.69) is 165 Å². The molecule has 0 nitrogen and oxygen atoms in total. The van der Waals surface area contributed by atoms with Crippen LogP contribution in [-0.2, 0) is 6.42 Å². The Kier molecular flexibility index (Phi) is 8.21. The summed E-state index contributed by atoms with van der Waals surface area (Å²) < 4.78 is 0. The van der Waals surface area contributed by atoms with Crippen molar-refractivity contribution in [2.75, 3.05) is 0 Å². The van der Waals surface area contributed by atoms with E-state index in [-0.39, 0.29) is 0 Å². The highest BCUT2D eigenvalue weighted by molar-refractivity contribution is 7.18. The maximum absolute atomic E-state index is 2.65. The second kappa shape index (κ2) is 11.9. The minimum Gasteiger partial charge on any atom is -0.0626 e. The van der Waals surface area contributed by atoms with E-state index in [1.165, 1.54) is 18.4 Å². The first-order chi connectivity index (χ1) is 18.6. The maximum Gasteiger partial charge on any atom is 0.116 e. The molecule has 0 aliphatic heterocycles. The molecule has 2 heteroatoms. The Balaban J connectivity index is 1.72. The van der Waals surface area contributed by atoms with Crippen LogP contribution in [0.3, 0.4) is 0 Å². The van der Waals surface area contributed by atoms with Crippen molar-refractivity contribution in [3.05, 3.63) is 157 Å². The lowest BCUT2D eigenvalue weighted by molar-refractivity contribution is 0.755. The maximum atomic E-state index is 2.65. The van der Waals surface area contributed by atoms with Crippen molar-refractivity contribution in [1.82, 2.24) is 0 Å². The normalized spacial score (nSPS) is 12.0. The van der Waals surface area contributed by atoms with E-state index >= 15 is 0 Å². The zero-order valence-corrected chi connectivity index (χ0v) is 24.6. The minimum atomic E-state index is -2.21. The van der Waals surface area contributed by atoms with Gasteiger partial charge in [0.15, 0.2) is 0 Å². The average molecular weight is 527 g/mol. The van der Waals surface area contributed by atoms with Crippen LogP contribution in [0.15, 0.2) is 152 Å². The van der Waals surface area contributed by atoms with Crippen LogP contribution in [0, 0.1) is 0 Å². The first-order valence-electron chi connectivity index (χ1n) is 13.9. The number of rotatable bonds is 10. The topological polar surface area (TPSA) is 0 Å². The summed E-state index contributed by atoms with van der Waals surface area (Å²) in [7, 11) is -4.42. The van der Waals surface area contributed by atoms with Crippen molar-refractivity contribution >= 4 is 36.9 Å². The monoisotopic (exact) mass is 526 g/mol. The molecule has 0 atom stereocenters. The molecule has 0 spiro atoms. The van der Waals surface area contributed by atoms with Gasteiger partial charge in [0.25, 0.3) is 0 Å². The van der Waals surface area contributed by atoms with Crippen LogP contribution in [0.4, 0.5) is 0 Å². The van der Waals surface area contributed by atoms with Crippen LogP contribution >= 0.6 is 0 Å². The molecule has 0 fully saturated rings. The van der Waals surface area contributed by atoms with Gasteiger partial charge in [0, 0.05) is 0 Å². The molecule has 0 N–H and O–H groups in total. The fourth-order valence-electron chi connectivity index (χ4n) is 6.59. The molecule has 0 unspecified atom stereocenters. The highest BCUT2D eigenvalue weighted by atomic mass is 28.4. The molecule has 0 aliphatic rings. The molecular formula is C36H38Si2. The third-order valence-electron chi connectivity index (χ3n) is 8.69. The van der Waals surface area contributed by atoms with Gasteiger partial charge in [-0.15, -0.1) is 0 Å². The van der Waals surface area contributed by atoms with E-state index < -0.39 is 16.1 Å². The highest BCUT2D eigenvalue weighted by Gasteiger charge is 2.51. The summed E-state index contributed by atoms with van der Waals surface area (Å²) in [6, 6.07) is 56.9. The van der Waals surface area contributed by atoms with Gasteiger partial charge in [0.05, 0.1) is 0 Å². The van der Waals surface area contributed by atoms with Gasteiger partial charge >= 0.3 is 0 Å². The van der Waals surface area contributed by atoms with E-state index in [0.717, 1.165) is 6.42 Å².